The number of thiophene rings is 1. The average molecular weight is 289 g/mol. The van der Waals surface area contributed by atoms with Gasteiger partial charge in [-0.1, -0.05) is 24.3 Å². The van der Waals surface area contributed by atoms with E-state index in [2.05, 4.69) is 21.8 Å². The summed E-state index contributed by atoms with van der Waals surface area (Å²) in [6.45, 7) is 1.23. The largest absolute Gasteiger partial charge is 0.380 e. The van der Waals surface area contributed by atoms with Crippen molar-refractivity contribution in [1.82, 2.24) is 0 Å². The summed E-state index contributed by atoms with van der Waals surface area (Å²) in [7, 11) is 1.68. The SMILES string of the molecule is COCc1ccccc1NC(N)=NCCc1cccs1. The fourth-order valence-corrected chi connectivity index (χ4v) is 2.54. The second kappa shape index (κ2) is 7.67. The first-order chi connectivity index (χ1) is 9.79. The second-order valence-corrected chi connectivity index (χ2v) is 5.34. The number of hydrogen-bond acceptors (Lipinski definition) is 3. The predicted molar refractivity (Wildman–Crippen MR) is 85.3 cm³/mol. The lowest BCUT2D eigenvalue weighted by Gasteiger charge is -2.10. The van der Waals surface area contributed by atoms with Crippen LogP contribution >= 0.6 is 11.3 Å². The molecule has 0 unspecified atom stereocenters. The highest BCUT2D eigenvalue weighted by Crippen LogP contribution is 2.15. The van der Waals surface area contributed by atoms with Crippen molar-refractivity contribution in [2.45, 2.75) is 13.0 Å². The Balaban J connectivity index is 1.91. The van der Waals surface area contributed by atoms with Crippen LogP contribution in [0.2, 0.25) is 0 Å². The van der Waals surface area contributed by atoms with E-state index in [1.165, 1.54) is 4.88 Å². The molecular weight excluding hydrogens is 270 g/mol. The maximum Gasteiger partial charge on any atom is 0.193 e. The molecule has 0 saturated carbocycles. The predicted octanol–water partition coefficient (Wildman–Crippen LogP) is 2.86. The van der Waals surface area contributed by atoms with Gasteiger partial charge in [0.2, 0.25) is 0 Å². The van der Waals surface area contributed by atoms with Crippen molar-refractivity contribution in [2.75, 3.05) is 19.0 Å². The number of aliphatic imine (C=N–C) groups is 1. The van der Waals surface area contributed by atoms with Gasteiger partial charge in [-0.2, -0.15) is 0 Å². The van der Waals surface area contributed by atoms with Crippen LogP contribution in [-0.4, -0.2) is 19.6 Å². The highest BCUT2D eigenvalue weighted by molar-refractivity contribution is 7.09. The third-order valence-corrected chi connectivity index (χ3v) is 3.74. The van der Waals surface area contributed by atoms with Crippen molar-refractivity contribution < 1.29 is 4.74 Å². The Morgan fingerprint density at radius 2 is 2.15 bits per heavy atom. The van der Waals surface area contributed by atoms with E-state index in [0.29, 0.717) is 19.1 Å². The summed E-state index contributed by atoms with van der Waals surface area (Å²) in [5, 5.41) is 5.20. The number of methoxy groups -OCH3 is 1. The first-order valence-electron chi connectivity index (χ1n) is 6.46. The molecule has 2 aromatic rings. The summed E-state index contributed by atoms with van der Waals surface area (Å²) in [6, 6.07) is 12.1. The van der Waals surface area contributed by atoms with Gasteiger partial charge >= 0.3 is 0 Å². The molecule has 0 aliphatic heterocycles. The van der Waals surface area contributed by atoms with Crippen molar-refractivity contribution in [3.05, 3.63) is 52.2 Å². The molecular formula is C15H19N3OS. The topological polar surface area (TPSA) is 59.6 Å². The van der Waals surface area contributed by atoms with Gasteiger partial charge < -0.3 is 15.8 Å². The van der Waals surface area contributed by atoms with Gasteiger partial charge in [0.25, 0.3) is 0 Å². The molecule has 0 bridgehead atoms. The number of ether oxygens (including phenoxy) is 1. The standard InChI is InChI=1S/C15H19N3OS/c1-19-11-12-5-2-3-7-14(12)18-15(16)17-9-8-13-6-4-10-20-13/h2-7,10H,8-9,11H2,1H3,(H3,16,17,18). The highest BCUT2D eigenvalue weighted by atomic mass is 32.1. The number of anilines is 1. The third-order valence-electron chi connectivity index (χ3n) is 2.80. The second-order valence-electron chi connectivity index (χ2n) is 4.31. The number of hydrogen-bond donors (Lipinski definition) is 2. The molecule has 1 aromatic heterocycles. The fourth-order valence-electron chi connectivity index (χ4n) is 1.84. The highest BCUT2D eigenvalue weighted by Gasteiger charge is 2.02. The molecule has 3 N–H and O–H groups in total. The Kier molecular flexibility index (Phi) is 5.58. The van der Waals surface area contributed by atoms with Crippen LogP contribution in [0.5, 0.6) is 0 Å². The Bertz CT molecular complexity index is 552. The molecule has 20 heavy (non-hydrogen) atoms. The van der Waals surface area contributed by atoms with E-state index in [-0.39, 0.29) is 0 Å². The summed E-state index contributed by atoms with van der Waals surface area (Å²) in [5.41, 5.74) is 7.91. The van der Waals surface area contributed by atoms with Crippen LogP contribution in [-0.2, 0) is 17.8 Å². The molecule has 1 heterocycles. The van der Waals surface area contributed by atoms with Crippen molar-refractivity contribution in [3.8, 4) is 0 Å². The van der Waals surface area contributed by atoms with Crippen molar-refractivity contribution in [2.24, 2.45) is 10.7 Å². The molecule has 0 saturated heterocycles. The van der Waals surface area contributed by atoms with Gasteiger partial charge in [0, 0.05) is 36.2 Å². The van der Waals surface area contributed by atoms with Gasteiger partial charge in [0.05, 0.1) is 6.61 Å². The monoisotopic (exact) mass is 289 g/mol. The quantitative estimate of drug-likeness (QED) is 0.635. The summed E-state index contributed by atoms with van der Waals surface area (Å²) in [4.78, 5) is 5.67. The number of nitrogens with two attached hydrogens (primary N) is 1. The molecule has 0 fully saturated rings. The van der Waals surface area contributed by atoms with Gasteiger partial charge in [-0.3, -0.25) is 4.99 Å². The summed E-state index contributed by atoms with van der Waals surface area (Å²) < 4.78 is 5.16. The van der Waals surface area contributed by atoms with E-state index in [9.17, 15) is 0 Å². The molecule has 106 valence electrons. The van der Waals surface area contributed by atoms with E-state index < -0.39 is 0 Å². The van der Waals surface area contributed by atoms with Gasteiger partial charge in [0.1, 0.15) is 0 Å². The number of rotatable bonds is 6. The molecule has 0 spiro atoms. The van der Waals surface area contributed by atoms with Crippen LogP contribution < -0.4 is 11.1 Å². The van der Waals surface area contributed by atoms with Crippen LogP contribution in [0.25, 0.3) is 0 Å². The Labute approximate surface area is 123 Å². The number of nitrogens with one attached hydrogen (secondary N) is 1. The van der Waals surface area contributed by atoms with E-state index in [4.69, 9.17) is 10.5 Å². The van der Waals surface area contributed by atoms with Crippen molar-refractivity contribution in [3.63, 3.8) is 0 Å². The van der Waals surface area contributed by atoms with Crippen molar-refractivity contribution >= 4 is 23.0 Å². The van der Waals surface area contributed by atoms with Gasteiger partial charge in [-0.05, 0) is 17.5 Å². The molecule has 0 aliphatic carbocycles. The number of guanidine groups is 1. The smallest absolute Gasteiger partial charge is 0.193 e. The first-order valence-corrected chi connectivity index (χ1v) is 7.33. The van der Waals surface area contributed by atoms with Gasteiger partial charge in [0.15, 0.2) is 5.96 Å². The lowest BCUT2D eigenvalue weighted by Crippen LogP contribution is -2.23. The van der Waals surface area contributed by atoms with Crippen LogP contribution in [0, 0.1) is 0 Å². The van der Waals surface area contributed by atoms with E-state index in [1.54, 1.807) is 18.4 Å². The van der Waals surface area contributed by atoms with Crippen LogP contribution in [0.1, 0.15) is 10.4 Å². The molecule has 4 nitrogen and oxygen atoms in total. The summed E-state index contributed by atoms with van der Waals surface area (Å²) in [6.07, 6.45) is 0.916. The van der Waals surface area contributed by atoms with Crippen LogP contribution in [0.4, 0.5) is 5.69 Å². The summed E-state index contributed by atoms with van der Waals surface area (Å²) >= 11 is 1.74. The minimum absolute atomic E-state index is 0.435. The molecule has 0 radical (unpaired) electrons. The molecule has 1 aromatic carbocycles. The van der Waals surface area contributed by atoms with Crippen molar-refractivity contribution in [1.29, 1.82) is 0 Å². The lowest BCUT2D eigenvalue weighted by molar-refractivity contribution is 0.185. The molecule has 0 amide bonds. The third kappa shape index (κ3) is 4.36. The van der Waals surface area contributed by atoms with E-state index in [0.717, 1.165) is 17.7 Å². The van der Waals surface area contributed by atoms with Gasteiger partial charge in [-0.25, -0.2) is 0 Å². The fraction of sp³-hybridized carbons (Fsp3) is 0.267. The number of para-hydroxylation sites is 1. The minimum atomic E-state index is 0.435. The molecule has 0 atom stereocenters. The Morgan fingerprint density at radius 1 is 1.30 bits per heavy atom. The molecule has 5 heteroatoms. The Hall–Kier alpha value is -1.85. The van der Waals surface area contributed by atoms with E-state index in [1.807, 2.05) is 30.3 Å². The average Bonchev–Trinajstić information content (AvgIpc) is 2.94. The normalized spacial score (nSPS) is 11.6. The number of benzene rings is 1. The zero-order valence-electron chi connectivity index (χ0n) is 11.5. The molecule has 2 rings (SSSR count). The molecule has 0 aliphatic rings. The minimum Gasteiger partial charge on any atom is -0.380 e. The lowest BCUT2D eigenvalue weighted by atomic mass is 10.2. The first kappa shape index (κ1) is 14.6. The maximum absolute atomic E-state index is 5.91. The number of nitrogens with zero attached hydrogens (tertiary/aromatic N) is 1. The summed E-state index contributed by atoms with van der Waals surface area (Å²) in [5.74, 6) is 0.435. The Morgan fingerprint density at radius 3 is 2.90 bits per heavy atom. The zero-order valence-corrected chi connectivity index (χ0v) is 12.3. The van der Waals surface area contributed by atoms with Crippen LogP contribution in [0.3, 0.4) is 0 Å². The van der Waals surface area contributed by atoms with Gasteiger partial charge in [-0.15, -0.1) is 11.3 Å². The van der Waals surface area contributed by atoms with Crippen LogP contribution in [0.15, 0.2) is 46.8 Å². The van der Waals surface area contributed by atoms with E-state index >= 15 is 0 Å². The zero-order chi connectivity index (χ0) is 14.2. The maximum atomic E-state index is 5.91.